The number of benzene rings is 2. The van der Waals surface area contributed by atoms with E-state index in [4.69, 9.17) is 16.3 Å². The highest BCUT2D eigenvalue weighted by molar-refractivity contribution is 6.33. The number of halogens is 3. The molecule has 9 heteroatoms. The lowest BCUT2D eigenvalue weighted by Gasteiger charge is -2.10. The van der Waals surface area contributed by atoms with Crippen molar-refractivity contribution in [2.24, 2.45) is 0 Å². The Morgan fingerprint density at radius 1 is 1.04 bits per heavy atom. The summed E-state index contributed by atoms with van der Waals surface area (Å²) in [5, 5.41) is 2.03. The smallest absolute Gasteiger partial charge is 0.340 e. The summed E-state index contributed by atoms with van der Waals surface area (Å²) in [5.74, 6) is -5.02. The molecular weight excluding hydrogens is 372 g/mol. The van der Waals surface area contributed by atoms with E-state index in [1.807, 2.05) is 0 Å². The van der Waals surface area contributed by atoms with Crippen LogP contribution in [0.1, 0.15) is 20.7 Å². The van der Waals surface area contributed by atoms with Gasteiger partial charge in [-0.2, -0.15) is 0 Å². The van der Waals surface area contributed by atoms with E-state index < -0.39 is 41.7 Å². The van der Waals surface area contributed by atoms with Gasteiger partial charge in [-0.05, 0) is 24.3 Å². The average Bonchev–Trinajstić information content (AvgIpc) is 2.62. The van der Waals surface area contributed by atoms with Gasteiger partial charge in [-0.25, -0.2) is 18.4 Å². The quantitative estimate of drug-likeness (QED) is 0.633. The molecule has 2 aromatic rings. The lowest BCUT2D eigenvalue weighted by Crippen LogP contribution is -2.22. The normalized spacial score (nSPS) is 10.2. The Bertz CT molecular complexity index is 872. The second-order valence-corrected chi connectivity index (χ2v) is 5.31. The van der Waals surface area contributed by atoms with Crippen molar-refractivity contribution in [3.05, 3.63) is 64.2 Å². The second kappa shape index (κ2) is 8.39. The lowest BCUT2D eigenvalue weighted by atomic mass is 10.2. The molecule has 0 radical (unpaired) electrons. The van der Waals surface area contributed by atoms with Gasteiger partial charge in [-0.15, -0.1) is 0 Å². The largest absolute Gasteiger partial charge is 0.465 e. The third-order valence-corrected chi connectivity index (χ3v) is 3.48. The van der Waals surface area contributed by atoms with E-state index in [2.05, 4.69) is 10.1 Å². The Hall–Kier alpha value is -3.00. The van der Waals surface area contributed by atoms with E-state index in [-0.39, 0.29) is 16.3 Å². The summed E-state index contributed by atoms with van der Waals surface area (Å²) in [6.07, 6.45) is 0. The molecule has 26 heavy (non-hydrogen) atoms. The van der Waals surface area contributed by atoms with Gasteiger partial charge >= 0.3 is 11.9 Å². The van der Waals surface area contributed by atoms with Crippen LogP contribution in [0.15, 0.2) is 36.4 Å². The highest BCUT2D eigenvalue weighted by Crippen LogP contribution is 2.21. The number of amides is 1. The van der Waals surface area contributed by atoms with Crippen LogP contribution in [0.2, 0.25) is 5.02 Å². The van der Waals surface area contributed by atoms with Crippen LogP contribution in [-0.2, 0) is 14.3 Å². The summed E-state index contributed by atoms with van der Waals surface area (Å²) in [6.45, 7) is -0.732. The van der Waals surface area contributed by atoms with Crippen molar-refractivity contribution in [1.29, 1.82) is 0 Å². The molecule has 0 saturated heterocycles. The summed E-state index contributed by atoms with van der Waals surface area (Å²) >= 11 is 5.65. The molecule has 0 spiro atoms. The number of ether oxygens (including phenoxy) is 2. The van der Waals surface area contributed by atoms with Crippen LogP contribution in [0.5, 0.6) is 0 Å². The molecule has 2 aromatic carbocycles. The average molecular weight is 384 g/mol. The summed E-state index contributed by atoms with van der Waals surface area (Å²) in [6, 6.07) is 7.25. The first-order valence-electron chi connectivity index (χ1n) is 7.12. The minimum absolute atomic E-state index is 0.110. The summed E-state index contributed by atoms with van der Waals surface area (Å²) in [5.41, 5.74) is -0.155. The van der Waals surface area contributed by atoms with Crippen LogP contribution >= 0.6 is 11.6 Å². The van der Waals surface area contributed by atoms with Crippen LogP contribution in [0.3, 0.4) is 0 Å². The molecule has 0 aromatic heterocycles. The first-order valence-corrected chi connectivity index (χ1v) is 7.50. The molecule has 0 atom stereocenters. The van der Waals surface area contributed by atoms with Crippen molar-refractivity contribution in [2.75, 3.05) is 19.0 Å². The van der Waals surface area contributed by atoms with Crippen molar-refractivity contribution >= 4 is 35.1 Å². The fourth-order valence-electron chi connectivity index (χ4n) is 1.95. The Morgan fingerprint density at radius 3 is 2.38 bits per heavy atom. The van der Waals surface area contributed by atoms with Gasteiger partial charge in [0.05, 0.1) is 28.9 Å². The van der Waals surface area contributed by atoms with Gasteiger partial charge in [-0.3, -0.25) is 4.79 Å². The first-order chi connectivity index (χ1) is 12.3. The highest BCUT2D eigenvalue weighted by Gasteiger charge is 2.18. The third kappa shape index (κ3) is 4.54. The second-order valence-electron chi connectivity index (χ2n) is 4.91. The number of carbonyl (C=O) groups is 3. The van der Waals surface area contributed by atoms with E-state index in [0.29, 0.717) is 12.1 Å². The molecule has 1 N–H and O–H groups in total. The number of esters is 2. The van der Waals surface area contributed by atoms with Gasteiger partial charge in [0.1, 0.15) is 0 Å². The summed E-state index contributed by atoms with van der Waals surface area (Å²) < 4.78 is 35.5. The van der Waals surface area contributed by atoms with E-state index in [9.17, 15) is 23.2 Å². The number of rotatable bonds is 5. The minimum atomic E-state index is -1.28. The molecule has 0 aliphatic carbocycles. The fourth-order valence-corrected chi connectivity index (χ4v) is 2.18. The van der Waals surface area contributed by atoms with E-state index in [1.54, 1.807) is 12.1 Å². The summed E-state index contributed by atoms with van der Waals surface area (Å²) in [7, 11) is 1.19. The molecule has 0 saturated carbocycles. The van der Waals surface area contributed by atoms with Gasteiger partial charge in [0.15, 0.2) is 18.2 Å². The standard InChI is InChI=1S/C17H12ClF2NO5/c1-25-16(23)9-4-2-3-5-14(9)21-15(22)8-26-17(24)10-6-12(19)13(20)7-11(10)18/h2-7H,8H2,1H3,(H,21,22). The number of hydrogen-bond donors (Lipinski definition) is 1. The van der Waals surface area contributed by atoms with Crippen LogP contribution in [0.25, 0.3) is 0 Å². The van der Waals surface area contributed by atoms with Crippen molar-refractivity contribution in [2.45, 2.75) is 0 Å². The van der Waals surface area contributed by atoms with Gasteiger partial charge in [0, 0.05) is 0 Å². The number of carbonyl (C=O) groups excluding carboxylic acids is 3. The maximum atomic E-state index is 13.2. The predicted molar refractivity (Wildman–Crippen MR) is 88.1 cm³/mol. The zero-order valence-corrected chi connectivity index (χ0v) is 14.1. The molecule has 2 rings (SSSR count). The topological polar surface area (TPSA) is 81.7 Å². The summed E-state index contributed by atoms with van der Waals surface area (Å²) in [4.78, 5) is 35.4. The molecule has 136 valence electrons. The number of para-hydroxylation sites is 1. The van der Waals surface area contributed by atoms with Crippen molar-refractivity contribution in [3.63, 3.8) is 0 Å². The zero-order chi connectivity index (χ0) is 19.3. The Kier molecular flexibility index (Phi) is 6.24. The predicted octanol–water partition coefficient (Wildman–Crippen LogP) is 3.20. The van der Waals surface area contributed by atoms with Crippen LogP contribution in [0, 0.1) is 11.6 Å². The lowest BCUT2D eigenvalue weighted by molar-refractivity contribution is -0.119. The maximum absolute atomic E-state index is 13.2. The van der Waals surface area contributed by atoms with Gasteiger partial charge in [-0.1, -0.05) is 23.7 Å². The zero-order valence-electron chi connectivity index (χ0n) is 13.3. The molecule has 6 nitrogen and oxygen atoms in total. The van der Waals surface area contributed by atoms with Crippen molar-refractivity contribution < 1.29 is 32.6 Å². The molecule has 1 amide bonds. The molecule has 0 heterocycles. The van der Waals surface area contributed by atoms with Gasteiger partial charge < -0.3 is 14.8 Å². The van der Waals surface area contributed by atoms with Crippen LogP contribution < -0.4 is 5.32 Å². The minimum Gasteiger partial charge on any atom is -0.465 e. The molecule has 0 aliphatic heterocycles. The van der Waals surface area contributed by atoms with E-state index in [1.165, 1.54) is 19.2 Å². The van der Waals surface area contributed by atoms with E-state index >= 15 is 0 Å². The van der Waals surface area contributed by atoms with Crippen molar-refractivity contribution in [3.8, 4) is 0 Å². The van der Waals surface area contributed by atoms with Gasteiger partial charge in [0.2, 0.25) is 0 Å². The highest BCUT2D eigenvalue weighted by atomic mass is 35.5. The first kappa shape index (κ1) is 19.3. The molecular formula is C17H12ClF2NO5. The molecule has 0 fully saturated rings. The number of hydrogen-bond acceptors (Lipinski definition) is 5. The number of methoxy groups -OCH3 is 1. The third-order valence-electron chi connectivity index (χ3n) is 3.17. The Labute approximate surface area is 151 Å². The molecule has 0 unspecified atom stereocenters. The SMILES string of the molecule is COC(=O)c1ccccc1NC(=O)COC(=O)c1cc(F)c(F)cc1Cl. The number of nitrogens with one attached hydrogen (secondary N) is 1. The fraction of sp³-hybridized carbons (Fsp3) is 0.118. The Balaban J connectivity index is 2.03. The van der Waals surface area contributed by atoms with Gasteiger partial charge in [0.25, 0.3) is 5.91 Å². The Morgan fingerprint density at radius 2 is 1.69 bits per heavy atom. The monoisotopic (exact) mass is 383 g/mol. The molecule has 0 bridgehead atoms. The van der Waals surface area contributed by atoms with Crippen LogP contribution in [0.4, 0.5) is 14.5 Å². The van der Waals surface area contributed by atoms with Crippen molar-refractivity contribution in [1.82, 2.24) is 0 Å². The molecule has 0 aliphatic rings. The maximum Gasteiger partial charge on any atom is 0.340 e. The van der Waals surface area contributed by atoms with Crippen LogP contribution in [-0.4, -0.2) is 31.6 Å². The van der Waals surface area contributed by atoms with E-state index in [0.717, 1.165) is 0 Å². The number of anilines is 1.